The van der Waals surface area contributed by atoms with Gasteiger partial charge >= 0.3 is 6.18 Å². The van der Waals surface area contributed by atoms with Crippen LogP contribution in [0.5, 0.6) is 0 Å². The number of thiophene rings is 2. The van der Waals surface area contributed by atoms with Gasteiger partial charge in [-0.15, -0.1) is 22.7 Å². The minimum atomic E-state index is -5.03. The first-order valence-electron chi connectivity index (χ1n) is 9.36. The van der Waals surface area contributed by atoms with Crippen molar-refractivity contribution in [2.45, 2.75) is 37.9 Å². The fourth-order valence-electron chi connectivity index (χ4n) is 3.25. The maximum atomic E-state index is 13.8. The lowest BCUT2D eigenvalue weighted by Gasteiger charge is -2.13. The fraction of sp³-hybridized carbons (Fsp3) is 0.350. The van der Waals surface area contributed by atoms with Crippen molar-refractivity contribution < 1.29 is 26.7 Å². The Morgan fingerprint density at radius 2 is 1.94 bits per heavy atom. The predicted octanol–water partition coefficient (Wildman–Crippen LogP) is 5.77. The number of halogens is 5. The zero-order valence-corrected chi connectivity index (χ0v) is 18.3. The normalized spacial score (nSPS) is 14.4. The second kappa shape index (κ2) is 7.67. The molecule has 3 heterocycles. The molecule has 1 aliphatic rings. The summed E-state index contributed by atoms with van der Waals surface area (Å²) in [5, 5.41) is 17.2. The molecule has 1 fully saturated rings. The van der Waals surface area contributed by atoms with E-state index >= 15 is 0 Å². The Bertz CT molecular complexity index is 1240. The van der Waals surface area contributed by atoms with Crippen LogP contribution in [0.2, 0.25) is 0 Å². The van der Waals surface area contributed by atoms with Gasteiger partial charge in [0.15, 0.2) is 0 Å². The summed E-state index contributed by atoms with van der Waals surface area (Å²) in [5.41, 5.74) is -2.59. The molecule has 12 heteroatoms. The number of aryl methyl sites for hydroxylation is 1. The number of alkyl halides is 5. The van der Waals surface area contributed by atoms with E-state index in [9.17, 15) is 32.0 Å². The Morgan fingerprint density at radius 1 is 1.25 bits per heavy atom. The Balaban J connectivity index is 1.76. The van der Waals surface area contributed by atoms with Crippen LogP contribution < -0.4 is 5.32 Å². The topological polar surface area (TPSA) is 70.7 Å². The molecule has 0 atom stereocenters. The van der Waals surface area contributed by atoms with Crippen LogP contribution in [-0.2, 0) is 19.1 Å². The quantitative estimate of drug-likeness (QED) is 0.466. The maximum Gasteiger partial charge on any atom is 0.420 e. The van der Waals surface area contributed by atoms with Crippen LogP contribution in [0.3, 0.4) is 0 Å². The van der Waals surface area contributed by atoms with Gasteiger partial charge in [-0.2, -0.15) is 32.3 Å². The minimum Gasteiger partial charge on any atom is -0.349 e. The molecule has 1 saturated carbocycles. The molecule has 0 spiro atoms. The molecule has 1 aliphatic carbocycles. The molecule has 1 N–H and O–H groups in total. The average Bonchev–Trinajstić information content (AvgIpc) is 3.09. The fourth-order valence-corrected chi connectivity index (χ4v) is 5.25. The monoisotopic (exact) mass is 486 g/mol. The zero-order valence-electron chi connectivity index (χ0n) is 16.7. The van der Waals surface area contributed by atoms with Gasteiger partial charge < -0.3 is 5.32 Å². The molecule has 4 rings (SSSR count). The summed E-state index contributed by atoms with van der Waals surface area (Å²) >= 11 is 1.98. The first-order valence-corrected chi connectivity index (χ1v) is 11.1. The number of nitrogens with zero attached hydrogens (tertiary/aromatic N) is 3. The third-order valence-corrected chi connectivity index (χ3v) is 6.88. The molecule has 0 aliphatic heterocycles. The highest BCUT2D eigenvalue weighted by Crippen LogP contribution is 2.46. The van der Waals surface area contributed by atoms with Crippen molar-refractivity contribution in [1.29, 1.82) is 5.26 Å². The Morgan fingerprint density at radius 3 is 2.50 bits per heavy atom. The first-order chi connectivity index (χ1) is 14.9. The predicted molar refractivity (Wildman–Crippen MR) is 110 cm³/mol. The highest BCUT2D eigenvalue weighted by molar-refractivity contribution is 7.17. The summed E-state index contributed by atoms with van der Waals surface area (Å²) in [6.45, 7) is 0.373. The van der Waals surface area contributed by atoms with Gasteiger partial charge in [0.25, 0.3) is 11.8 Å². The van der Waals surface area contributed by atoms with Crippen LogP contribution in [0.15, 0.2) is 17.5 Å². The van der Waals surface area contributed by atoms with Crippen molar-refractivity contribution >= 4 is 28.6 Å². The second-order valence-electron chi connectivity index (χ2n) is 7.49. The molecule has 3 aromatic heterocycles. The molecule has 32 heavy (non-hydrogen) atoms. The van der Waals surface area contributed by atoms with Crippen molar-refractivity contribution in [3.8, 4) is 27.1 Å². The lowest BCUT2D eigenvalue weighted by Crippen LogP contribution is -2.25. The van der Waals surface area contributed by atoms with Crippen LogP contribution in [-0.4, -0.2) is 21.7 Å². The maximum absolute atomic E-state index is 13.8. The highest BCUT2D eigenvalue weighted by atomic mass is 32.1. The summed E-state index contributed by atoms with van der Waals surface area (Å²) in [6, 6.07) is 5.01. The van der Waals surface area contributed by atoms with E-state index in [1.165, 1.54) is 19.2 Å². The standard InChI is InChI=1S/C20H15F5N4OS2/c1-19(21,22)17-15(20(23,24)25)16(29(2)28-17)13-5-9(8-31-13)12-6-11(14(7-26)32-12)18(30)27-10-3-4-10/h5-6,8,10H,3-4H2,1-2H3,(H,27,30). The van der Waals surface area contributed by atoms with Gasteiger partial charge in [0.05, 0.1) is 16.1 Å². The minimum absolute atomic E-state index is 0.0914. The summed E-state index contributed by atoms with van der Waals surface area (Å²) in [7, 11) is 1.18. The van der Waals surface area contributed by atoms with E-state index in [1.807, 2.05) is 6.07 Å². The molecule has 1 amide bonds. The number of hydrogen-bond acceptors (Lipinski definition) is 5. The van der Waals surface area contributed by atoms with E-state index in [0.29, 0.717) is 17.4 Å². The highest BCUT2D eigenvalue weighted by Gasteiger charge is 2.46. The van der Waals surface area contributed by atoms with Crippen LogP contribution in [0, 0.1) is 11.3 Å². The van der Waals surface area contributed by atoms with E-state index in [0.717, 1.165) is 40.2 Å². The van der Waals surface area contributed by atoms with E-state index in [4.69, 9.17) is 0 Å². The van der Waals surface area contributed by atoms with Gasteiger partial charge in [0.2, 0.25) is 0 Å². The van der Waals surface area contributed by atoms with E-state index in [-0.39, 0.29) is 27.3 Å². The van der Waals surface area contributed by atoms with Crippen LogP contribution in [0.1, 0.15) is 46.3 Å². The zero-order chi connectivity index (χ0) is 23.4. The van der Waals surface area contributed by atoms with Crippen molar-refractivity contribution in [3.05, 3.63) is 39.2 Å². The average molecular weight is 486 g/mol. The smallest absolute Gasteiger partial charge is 0.349 e. The number of hydrogen-bond donors (Lipinski definition) is 1. The Labute approximate surface area is 187 Å². The first kappa shape index (κ1) is 22.4. The molecule has 0 radical (unpaired) electrons. The largest absolute Gasteiger partial charge is 0.420 e. The summed E-state index contributed by atoms with van der Waals surface area (Å²) in [5.74, 6) is -4.15. The Kier molecular flexibility index (Phi) is 5.37. The van der Waals surface area contributed by atoms with Gasteiger partial charge in [-0.05, 0) is 25.0 Å². The van der Waals surface area contributed by atoms with Crippen LogP contribution >= 0.6 is 22.7 Å². The molecular formula is C20H15F5N4OS2. The number of nitriles is 1. The summed E-state index contributed by atoms with van der Waals surface area (Å²) < 4.78 is 69.6. The van der Waals surface area contributed by atoms with Gasteiger partial charge in [-0.1, -0.05) is 0 Å². The van der Waals surface area contributed by atoms with Crippen molar-refractivity contribution in [2.75, 3.05) is 0 Å². The molecule has 0 saturated heterocycles. The third-order valence-electron chi connectivity index (χ3n) is 4.85. The van der Waals surface area contributed by atoms with E-state index in [1.54, 1.807) is 5.38 Å². The van der Waals surface area contributed by atoms with Gasteiger partial charge in [-0.25, -0.2) is 0 Å². The number of carbonyl (C=O) groups excluding carboxylic acids is 1. The van der Waals surface area contributed by atoms with Crippen molar-refractivity contribution in [2.24, 2.45) is 7.05 Å². The third kappa shape index (κ3) is 4.14. The van der Waals surface area contributed by atoms with Gasteiger partial charge in [-0.3, -0.25) is 9.48 Å². The number of nitrogens with one attached hydrogen (secondary N) is 1. The van der Waals surface area contributed by atoms with Crippen molar-refractivity contribution in [3.63, 3.8) is 0 Å². The SMILES string of the molecule is Cn1nc(C(C)(F)F)c(C(F)(F)F)c1-c1cc(-c2cc(C(=O)NC3CC3)c(C#N)s2)cs1. The number of amides is 1. The number of aromatic nitrogens is 2. The number of carbonyl (C=O) groups is 1. The molecule has 168 valence electrons. The molecule has 0 bridgehead atoms. The number of rotatable bonds is 5. The molecule has 0 aromatic carbocycles. The van der Waals surface area contributed by atoms with Crippen LogP contribution in [0.4, 0.5) is 22.0 Å². The molecule has 5 nitrogen and oxygen atoms in total. The van der Waals surface area contributed by atoms with Gasteiger partial charge in [0, 0.05) is 35.8 Å². The Hall–Kier alpha value is -2.78. The van der Waals surface area contributed by atoms with E-state index in [2.05, 4.69) is 10.4 Å². The molecular weight excluding hydrogens is 471 g/mol. The van der Waals surface area contributed by atoms with Crippen LogP contribution in [0.25, 0.3) is 21.0 Å². The van der Waals surface area contributed by atoms with Crippen molar-refractivity contribution in [1.82, 2.24) is 15.1 Å². The lowest BCUT2D eigenvalue weighted by molar-refractivity contribution is -0.141. The molecule has 3 aromatic rings. The summed E-state index contributed by atoms with van der Waals surface area (Å²) in [4.78, 5) is 13.2. The molecule has 0 unspecified atom stereocenters. The van der Waals surface area contributed by atoms with E-state index < -0.39 is 29.1 Å². The van der Waals surface area contributed by atoms with Gasteiger partial charge in [0.1, 0.15) is 22.2 Å². The second-order valence-corrected chi connectivity index (χ2v) is 9.46. The lowest BCUT2D eigenvalue weighted by atomic mass is 10.1. The summed E-state index contributed by atoms with van der Waals surface area (Å²) in [6.07, 6.45) is -3.28.